The normalized spacial score (nSPS) is 25.1. The van der Waals surface area contributed by atoms with Crippen molar-refractivity contribution in [3.8, 4) is 5.75 Å². The summed E-state index contributed by atoms with van der Waals surface area (Å²) in [5.74, 6) is 1.79. The van der Waals surface area contributed by atoms with Gasteiger partial charge in [0, 0.05) is 10.0 Å². The summed E-state index contributed by atoms with van der Waals surface area (Å²) in [4.78, 5) is 0. The Bertz CT molecular complexity index is 419. The molecule has 1 N–H and O–H groups in total. The summed E-state index contributed by atoms with van der Waals surface area (Å²) < 4.78 is 6.40. The molecule has 1 aliphatic carbocycles. The minimum atomic E-state index is -0.409. The fourth-order valence-electron chi connectivity index (χ4n) is 3.32. The Labute approximate surface area is 124 Å². The summed E-state index contributed by atoms with van der Waals surface area (Å²) in [7, 11) is 1.66. The summed E-state index contributed by atoms with van der Waals surface area (Å²) in [5, 5.41) is 10.8. The minimum absolute atomic E-state index is 0.369. The molecule has 1 aromatic carbocycles. The third-order valence-electron chi connectivity index (χ3n) is 4.41. The fraction of sp³-hybridized carbons (Fsp3) is 0.625. The highest BCUT2D eigenvalue weighted by molar-refractivity contribution is 9.10. The maximum absolute atomic E-state index is 10.8. The Kier molecular flexibility index (Phi) is 5.28. The van der Waals surface area contributed by atoms with Gasteiger partial charge in [-0.15, -0.1) is 0 Å². The Morgan fingerprint density at radius 1 is 1.37 bits per heavy atom. The van der Waals surface area contributed by atoms with E-state index in [1.807, 2.05) is 18.2 Å². The first-order valence-corrected chi connectivity index (χ1v) is 7.98. The second-order valence-electron chi connectivity index (χ2n) is 5.45. The van der Waals surface area contributed by atoms with Crippen LogP contribution in [0, 0.1) is 11.8 Å². The number of hydrogen-bond acceptors (Lipinski definition) is 2. The van der Waals surface area contributed by atoms with E-state index in [1.54, 1.807) is 7.11 Å². The summed E-state index contributed by atoms with van der Waals surface area (Å²) in [6.45, 7) is 2.23. The van der Waals surface area contributed by atoms with Crippen LogP contribution in [0.2, 0.25) is 0 Å². The highest BCUT2D eigenvalue weighted by Crippen LogP contribution is 2.42. The third-order valence-corrected chi connectivity index (χ3v) is 4.91. The molecule has 1 fully saturated rings. The zero-order valence-electron chi connectivity index (χ0n) is 11.7. The number of benzene rings is 1. The third kappa shape index (κ3) is 3.32. The van der Waals surface area contributed by atoms with Gasteiger partial charge >= 0.3 is 0 Å². The summed E-state index contributed by atoms with van der Waals surface area (Å²) in [5.41, 5.74) is 0.927. The van der Waals surface area contributed by atoms with E-state index in [9.17, 15) is 5.11 Å². The van der Waals surface area contributed by atoms with Crippen LogP contribution in [0.25, 0.3) is 0 Å². The SMILES string of the molecule is CCC1CCCCC1C(O)c1ccc(Br)cc1OC. The number of methoxy groups -OCH3 is 1. The molecule has 1 saturated carbocycles. The predicted octanol–water partition coefficient (Wildman–Crippen LogP) is 4.71. The van der Waals surface area contributed by atoms with Crippen LogP contribution in [-0.4, -0.2) is 12.2 Å². The van der Waals surface area contributed by atoms with Gasteiger partial charge in [-0.1, -0.05) is 54.6 Å². The lowest BCUT2D eigenvalue weighted by atomic mass is 9.73. The van der Waals surface area contributed by atoms with E-state index in [0.717, 1.165) is 28.6 Å². The van der Waals surface area contributed by atoms with Crippen LogP contribution in [0.3, 0.4) is 0 Å². The molecular weight excluding hydrogens is 304 g/mol. The second kappa shape index (κ2) is 6.76. The maximum Gasteiger partial charge on any atom is 0.125 e. The van der Waals surface area contributed by atoms with Crippen LogP contribution in [0.1, 0.15) is 50.7 Å². The molecule has 0 radical (unpaired) electrons. The van der Waals surface area contributed by atoms with Crippen LogP contribution in [-0.2, 0) is 0 Å². The van der Waals surface area contributed by atoms with Gasteiger partial charge in [0.1, 0.15) is 5.75 Å². The number of rotatable bonds is 4. The number of ether oxygens (including phenoxy) is 1. The molecule has 0 saturated heterocycles. The first kappa shape index (κ1) is 14.9. The molecule has 2 rings (SSSR count). The average molecular weight is 327 g/mol. The van der Waals surface area contributed by atoms with Crippen molar-refractivity contribution in [2.45, 2.75) is 45.1 Å². The monoisotopic (exact) mass is 326 g/mol. The van der Waals surface area contributed by atoms with Crippen molar-refractivity contribution in [2.75, 3.05) is 7.11 Å². The molecule has 0 aliphatic heterocycles. The first-order valence-electron chi connectivity index (χ1n) is 7.18. The van der Waals surface area contributed by atoms with Gasteiger partial charge < -0.3 is 9.84 Å². The Morgan fingerprint density at radius 2 is 2.11 bits per heavy atom. The zero-order chi connectivity index (χ0) is 13.8. The molecule has 0 amide bonds. The van der Waals surface area contributed by atoms with Crippen molar-refractivity contribution in [1.29, 1.82) is 0 Å². The van der Waals surface area contributed by atoms with E-state index in [-0.39, 0.29) is 0 Å². The van der Waals surface area contributed by atoms with E-state index < -0.39 is 6.10 Å². The molecule has 3 unspecified atom stereocenters. The highest BCUT2D eigenvalue weighted by atomic mass is 79.9. The Hall–Kier alpha value is -0.540. The van der Waals surface area contributed by atoms with Gasteiger partial charge in [0.05, 0.1) is 13.2 Å². The zero-order valence-corrected chi connectivity index (χ0v) is 13.3. The van der Waals surface area contributed by atoms with Crippen molar-refractivity contribution >= 4 is 15.9 Å². The molecule has 0 spiro atoms. The van der Waals surface area contributed by atoms with Crippen molar-refractivity contribution in [2.24, 2.45) is 11.8 Å². The first-order chi connectivity index (χ1) is 9.17. The summed E-state index contributed by atoms with van der Waals surface area (Å²) >= 11 is 3.45. The van der Waals surface area contributed by atoms with E-state index in [0.29, 0.717) is 11.8 Å². The van der Waals surface area contributed by atoms with E-state index >= 15 is 0 Å². The van der Waals surface area contributed by atoms with Gasteiger partial charge in [0.25, 0.3) is 0 Å². The van der Waals surface area contributed by atoms with E-state index in [4.69, 9.17) is 4.74 Å². The van der Waals surface area contributed by atoms with Crippen molar-refractivity contribution < 1.29 is 9.84 Å². The van der Waals surface area contributed by atoms with Gasteiger partial charge in [-0.05, 0) is 30.4 Å². The molecule has 3 heteroatoms. The largest absolute Gasteiger partial charge is 0.496 e. The Morgan fingerprint density at radius 3 is 2.79 bits per heavy atom. The lowest BCUT2D eigenvalue weighted by Crippen LogP contribution is -2.25. The molecule has 0 bridgehead atoms. The standard InChI is InChI=1S/C16H23BrO2/c1-3-11-6-4-5-7-13(11)16(18)14-9-8-12(17)10-15(14)19-2/h8-11,13,16,18H,3-7H2,1-2H3. The van der Waals surface area contributed by atoms with Crippen molar-refractivity contribution in [3.63, 3.8) is 0 Å². The fourth-order valence-corrected chi connectivity index (χ4v) is 3.66. The van der Waals surface area contributed by atoms with Gasteiger partial charge in [-0.3, -0.25) is 0 Å². The number of hydrogen-bond donors (Lipinski definition) is 1. The van der Waals surface area contributed by atoms with E-state index in [2.05, 4.69) is 22.9 Å². The lowest BCUT2D eigenvalue weighted by molar-refractivity contribution is 0.0435. The molecule has 0 heterocycles. The van der Waals surface area contributed by atoms with Crippen LogP contribution < -0.4 is 4.74 Å². The van der Waals surface area contributed by atoms with Gasteiger partial charge in [-0.2, -0.15) is 0 Å². The van der Waals surface area contributed by atoms with Crippen LogP contribution >= 0.6 is 15.9 Å². The molecule has 1 aliphatic rings. The van der Waals surface area contributed by atoms with Crippen LogP contribution in [0.15, 0.2) is 22.7 Å². The highest BCUT2D eigenvalue weighted by Gasteiger charge is 2.31. The van der Waals surface area contributed by atoms with Crippen molar-refractivity contribution in [1.82, 2.24) is 0 Å². The maximum atomic E-state index is 10.8. The molecular formula is C16H23BrO2. The molecule has 2 nitrogen and oxygen atoms in total. The number of aliphatic hydroxyl groups is 1. The molecule has 106 valence electrons. The van der Waals surface area contributed by atoms with Gasteiger partial charge in [0.15, 0.2) is 0 Å². The van der Waals surface area contributed by atoms with E-state index in [1.165, 1.54) is 19.3 Å². The second-order valence-corrected chi connectivity index (χ2v) is 6.36. The molecule has 3 atom stereocenters. The quantitative estimate of drug-likeness (QED) is 0.868. The van der Waals surface area contributed by atoms with Crippen LogP contribution in [0.4, 0.5) is 0 Å². The number of aliphatic hydroxyl groups excluding tert-OH is 1. The smallest absolute Gasteiger partial charge is 0.125 e. The summed E-state index contributed by atoms with van der Waals surface area (Å²) in [6, 6.07) is 5.89. The van der Waals surface area contributed by atoms with Crippen molar-refractivity contribution in [3.05, 3.63) is 28.2 Å². The lowest BCUT2D eigenvalue weighted by Gasteiger charge is -2.35. The van der Waals surface area contributed by atoms with Crippen LogP contribution in [0.5, 0.6) is 5.75 Å². The average Bonchev–Trinajstić information content (AvgIpc) is 2.46. The molecule has 1 aromatic rings. The minimum Gasteiger partial charge on any atom is -0.496 e. The topological polar surface area (TPSA) is 29.5 Å². The Balaban J connectivity index is 2.24. The van der Waals surface area contributed by atoms with Gasteiger partial charge in [-0.25, -0.2) is 0 Å². The predicted molar refractivity (Wildman–Crippen MR) is 81.4 cm³/mol. The molecule has 19 heavy (non-hydrogen) atoms. The molecule has 0 aromatic heterocycles. The van der Waals surface area contributed by atoms with Gasteiger partial charge in [0.2, 0.25) is 0 Å². The summed E-state index contributed by atoms with van der Waals surface area (Å²) in [6.07, 6.45) is 5.65. The number of halogens is 1.